The van der Waals surface area contributed by atoms with Gasteiger partial charge in [0, 0.05) is 9.75 Å². The lowest BCUT2D eigenvalue weighted by Gasteiger charge is -2.29. The molecular weight excluding hydrogens is 310 g/mol. The van der Waals surface area contributed by atoms with Crippen LogP contribution in [0.5, 0.6) is 0 Å². The molecule has 3 heterocycles. The Bertz CT molecular complexity index is 457. The quantitative estimate of drug-likeness (QED) is 0.604. The molecule has 3 heteroatoms. The second kappa shape index (κ2) is 6.22. The van der Waals surface area contributed by atoms with Gasteiger partial charge in [-0.3, -0.25) is 0 Å². The van der Waals surface area contributed by atoms with E-state index in [1.54, 1.807) is 9.75 Å². The molecule has 0 amide bonds. The smallest absolute Gasteiger partial charge is 0.0101 e. The fourth-order valence-electron chi connectivity index (χ4n) is 4.54. The van der Waals surface area contributed by atoms with Crippen molar-refractivity contribution >= 4 is 37.8 Å². The first-order valence-electron chi connectivity index (χ1n) is 8.58. The number of hydrogen-bond donors (Lipinski definition) is 0. The van der Waals surface area contributed by atoms with Crippen LogP contribution in [-0.4, -0.2) is 22.6 Å². The molecule has 0 saturated carbocycles. The summed E-state index contributed by atoms with van der Waals surface area (Å²) in [6.07, 6.45) is 5.85. The largest absolute Gasteiger partial charge is 0.145 e. The third-order valence-electron chi connectivity index (χ3n) is 5.62. The summed E-state index contributed by atoms with van der Waals surface area (Å²) in [5.41, 5.74) is 3.80. The Labute approximate surface area is 137 Å². The van der Waals surface area contributed by atoms with Gasteiger partial charge in [-0.15, -0.1) is 11.3 Å². The monoisotopic (exact) mass is 340 g/mol. The first kappa shape index (κ1) is 16.4. The Kier molecular flexibility index (Phi) is 4.86. The summed E-state index contributed by atoms with van der Waals surface area (Å²) >= 11 is 2.11. The third kappa shape index (κ3) is 2.77. The minimum atomic E-state index is 0.0890. The summed E-state index contributed by atoms with van der Waals surface area (Å²) in [6, 6.07) is 0. The molecule has 0 bridgehead atoms. The Balaban J connectivity index is 2.09. The average Bonchev–Trinajstić information content (AvgIpc) is 3.00. The summed E-state index contributed by atoms with van der Waals surface area (Å²) in [6.45, 7) is 14.9. The fraction of sp³-hybridized carbons (Fsp3) is 0.778. The van der Waals surface area contributed by atoms with Gasteiger partial charge in [-0.1, -0.05) is 43.5 Å². The first-order valence-corrected chi connectivity index (χ1v) is 12.4. The molecule has 1 aromatic rings. The van der Waals surface area contributed by atoms with E-state index in [2.05, 4.69) is 52.9 Å². The maximum Gasteiger partial charge on any atom is 0.0101 e. The molecule has 2 fully saturated rings. The zero-order valence-electron chi connectivity index (χ0n) is 14.4. The minimum Gasteiger partial charge on any atom is -0.145 e. The van der Waals surface area contributed by atoms with Crippen molar-refractivity contribution in [3.8, 4) is 0 Å². The van der Waals surface area contributed by atoms with Gasteiger partial charge in [0.15, 0.2) is 0 Å². The van der Waals surface area contributed by atoms with E-state index >= 15 is 0 Å². The summed E-state index contributed by atoms with van der Waals surface area (Å²) in [5, 5.41) is 3.77. The van der Waals surface area contributed by atoms with Crippen molar-refractivity contribution in [1.29, 1.82) is 0 Å². The van der Waals surface area contributed by atoms with Crippen LogP contribution >= 0.6 is 27.2 Å². The normalized spacial score (nSPS) is 35.0. The molecule has 2 aliphatic heterocycles. The van der Waals surface area contributed by atoms with E-state index in [0.717, 1.165) is 22.6 Å². The van der Waals surface area contributed by atoms with Gasteiger partial charge in [0.25, 0.3) is 0 Å². The molecule has 0 aliphatic carbocycles. The maximum absolute atomic E-state index is 2.53. The first-order chi connectivity index (χ1) is 9.91. The Morgan fingerprint density at radius 3 is 1.24 bits per heavy atom. The van der Waals surface area contributed by atoms with Gasteiger partial charge in [0.05, 0.1) is 0 Å². The fourth-order valence-corrected chi connectivity index (χ4v) is 13.9. The molecule has 2 aliphatic rings. The molecule has 4 atom stereocenters. The SMILES string of the molecule is Cc1sc(C)c(P2[C@@H](C)CC[C@@H]2C)c1P1[C@@H](C)CC[C@@H]1C. The number of hydrogen-bond acceptors (Lipinski definition) is 1. The molecule has 0 aromatic carbocycles. The summed E-state index contributed by atoms with van der Waals surface area (Å²) in [7, 11) is 0.178. The zero-order valence-corrected chi connectivity index (χ0v) is 17.0. The van der Waals surface area contributed by atoms with E-state index in [4.69, 9.17) is 0 Å². The van der Waals surface area contributed by atoms with Crippen LogP contribution in [-0.2, 0) is 0 Å². The van der Waals surface area contributed by atoms with Crippen LogP contribution in [0.1, 0.15) is 63.1 Å². The van der Waals surface area contributed by atoms with Gasteiger partial charge in [0.1, 0.15) is 0 Å². The van der Waals surface area contributed by atoms with Crippen molar-refractivity contribution in [2.24, 2.45) is 0 Å². The molecule has 21 heavy (non-hydrogen) atoms. The van der Waals surface area contributed by atoms with Gasteiger partial charge in [-0.05, 0) is 72.8 Å². The van der Waals surface area contributed by atoms with E-state index < -0.39 is 0 Å². The van der Waals surface area contributed by atoms with Crippen LogP contribution in [0.3, 0.4) is 0 Å². The highest BCUT2D eigenvalue weighted by atomic mass is 32.1. The molecule has 0 N–H and O–H groups in total. The van der Waals surface area contributed by atoms with Gasteiger partial charge in [-0.25, -0.2) is 0 Å². The lowest BCUT2D eigenvalue weighted by molar-refractivity contribution is 0.777. The predicted octanol–water partition coefficient (Wildman–Crippen LogP) is 5.72. The second-order valence-corrected chi connectivity index (χ2v) is 14.8. The Morgan fingerprint density at radius 2 is 0.952 bits per heavy atom. The van der Waals surface area contributed by atoms with Crippen LogP contribution in [0.2, 0.25) is 0 Å². The summed E-state index contributed by atoms with van der Waals surface area (Å²) in [4.78, 5) is 3.34. The van der Waals surface area contributed by atoms with Crippen LogP contribution in [0.15, 0.2) is 0 Å². The second-order valence-electron chi connectivity index (χ2n) is 7.28. The van der Waals surface area contributed by atoms with Crippen LogP contribution in [0.25, 0.3) is 0 Å². The molecule has 0 radical (unpaired) electrons. The zero-order chi connectivity index (χ0) is 15.3. The minimum absolute atomic E-state index is 0.0890. The van der Waals surface area contributed by atoms with Gasteiger partial charge in [-0.2, -0.15) is 0 Å². The highest BCUT2D eigenvalue weighted by Crippen LogP contribution is 2.60. The molecule has 0 spiro atoms. The van der Waals surface area contributed by atoms with Crippen LogP contribution < -0.4 is 10.6 Å². The highest BCUT2D eigenvalue weighted by molar-refractivity contribution is 7.74. The van der Waals surface area contributed by atoms with E-state index in [1.165, 1.54) is 25.7 Å². The van der Waals surface area contributed by atoms with E-state index in [0.29, 0.717) is 0 Å². The van der Waals surface area contributed by atoms with Crippen molar-refractivity contribution in [3.05, 3.63) is 9.75 Å². The van der Waals surface area contributed by atoms with Crippen molar-refractivity contribution in [1.82, 2.24) is 0 Å². The summed E-state index contributed by atoms with van der Waals surface area (Å²) < 4.78 is 0. The van der Waals surface area contributed by atoms with Crippen LogP contribution in [0, 0.1) is 13.8 Å². The number of rotatable bonds is 2. The van der Waals surface area contributed by atoms with Crippen molar-refractivity contribution < 1.29 is 0 Å². The Hall–Kier alpha value is 0.560. The van der Waals surface area contributed by atoms with Gasteiger partial charge < -0.3 is 0 Å². The highest BCUT2D eigenvalue weighted by Gasteiger charge is 2.40. The van der Waals surface area contributed by atoms with Crippen molar-refractivity contribution in [3.63, 3.8) is 0 Å². The van der Waals surface area contributed by atoms with Gasteiger partial charge in [0.2, 0.25) is 0 Å². The predicted molar refractivity (Wildman–Crippen MR) is 103 cm³/mol. The average molecular weight is 340 g/mol. The number of thiophene rings is 1. The molecule has 3 rings (SSSR count). The molecule has 1 aromatic heterocycles. The topological polar surface area (TPSA) is 0 Å². The van der Waals surface area contributed by atoms with Gasteiger partial charge >= 0.3 is 0 Å². The molecular formula is C18H30P2S. The molecule has 2 saturated heterocycles. The molecule has 0 unspecified atom stereocenters. The van der Waals surface area contributed by atoms with E-state index in [9.17, 15) is 0 Å². The van der Waals surface area contributed by atoms with E-state index in [1.807, 2.05) is 10.6 Å². The standard InChI is InChI=1S/C18H30P2S/c1-11-7-8-12(2)19(11)17-15(5)21-16(6)18(17)20-13(3)9-10-14(20)4/h11-14H,7-10H2,1-6H3/t11-,12-,13-,14-/m0/s1. The third-order valence-corrected chi connectivity index (χ3v) is 14.1. The van der Waals surface area contributed by atoms with E-state index in [-0.39, 0.29) is 15.8 Å². The van der Waals surface area contributed by atoms with Crippen molar-refractivity contribution in [2.45, 2.75) is 89.9 Å². The summed E-state index contributed by atoms with van der Waals surface area (Å²) in [5.74, 6) is 0. The molecule has 118 valence electrons. The Morgan fingerprint density at radius 1 is 0.667 bits per heavy atom. The molecule has 0 nitrogen and oxygen atoms in total. The lowest BCUT2D eigenvalue weighted by atomic mass is 10.2. The lowest BCUT2D eigenvalue weighted by Crippen LogP contribution is -2.28. The number of aryl methyl sites for hydroxylation is 2. The van der Waals surface area contributed by atoms with Crippen molar-refractivity contribution in [2.75, 3.05) is 0 Å². The maximum atomic E-state index is 2.53. The van der Waals surface area contributed by atoms with Crippen LogP contribution in [0.4, 0.5) is 0 Å².